The largest absolute Gasteiger partial charge is 0.416 e. The van der Waals surface area contributed by atoms with Gasteiger partial charge >= 0.3 is 6.18 Å². The molecule has 5 nitrogen and oxygen atoms in total. The Morgan fingerprint density at radius 1 is 0.971 bits per heavy atom. The summed E-state index contributed by atoms with van der Waals surface area (Å²) < 4.78 is 67.9. The molecular formula is C25H25F3N2O3S. The Morgan fingerprint density at radius 2 is 1.65 bits per heavy atom. The van der Waals surface area contributed by atoms with Gasteiger partial charge in [0.25, 0.3) is 0 Å². The van der Waals surface area contributed by atoms with E-state index in [1.165, 1.54) is 29.6 Å². The van der Waals surface area contributed by atoms with Crippen LogP contribution in [0, 0.1) is 0 Å². The van der Waals surface area contributed by atoms with E-state index in [0.717, 1.165) is 30.5 Å². The first-order valence-corrected chi connectivity index (χ1v) is 12.5. The van der Waals surface area contributed by atoms with E-state index in [1.54, 1.807) is 22.8 Å². The summed E-state index contributed by atoms with van der Waals surface area (Å²) in [4.78, 5) is 12.3. The third-order valence-electron chi connectivity index (χ3n) is 6.05. The fourth-order valence-electron chi connectivity index (χ4n) is 4.17. The minimum Gasteiger partial charge on any atom is -0.343 e. The van der Waals surface area contributed by atoms with Gasteiger partial charge in [-0.15, -0.1) is 0 Å². The smallest absolute Gasteiger partial charge is 0.343 e. The van der Waals surface area contributed by atoms with Crippen LogP contribution in [-0.4, -0.2) is 36.2 Å². The molecule has 0 atom stereocenters. The summed E-state index contributed by atoms with van der Waals surface area (Å²) in [5.41, 5.74) is 1.70. The number of hydrogen-bond donors (Lipinski definition) is 0. The van der Waals surface area contributed by atoms with E-state index in [-0.39, 0.29) is 10.7 Å². The number of alkyl halides is 3. The zero-order chi connectivity index (χ0) is 24.5. The highest BCUT2D eigenvalue weighted by molar-refractivity contribution is 7.89. The minimum absolute atomic E-state index is 0.125. The number of ketones is 1. The molecule has 180 valence electrons. The monoisotopic (exact) mass is 490 g/mol. The lowest BCUT2D eigenvalue weighted by molar-refractivity contribution is -0.137. The molecule has 4 rings (SSSR count). The van der Waals surface area contributed by atoms with Crippen molar-refractivity contribution < 1.29 is 26.4 Å². The number of carbonyl (C=O) groups is 1. The number of aromatic nitrogens is 1. The maximum Gasteiger partial charge on any atom is 0.416 e. The van der Waals surface area contributed by atoms with E-state index in [2.05, 4.69) is 0 Å². The number of halogens is 3. The van der Waals surface area contributed by atoms with E-state index >= 15 is 0 Å². The van der Waals surface area contributed by atoms with Crippen molar-refractivity contribution in [2.75, 3.05) is 13.1 Å². The lowest BCUT2D eigenvalue weighted by Crippen LogP contribution is -2.27. The lowest BCUT2D eigenvalue weighted by atomic mass is 10.0. The molecule has 9 heteroatoms. The maximum absolute atomic E-state index is 13.0. The molecule has 3 aromatic rings. The highest BCUT2D eigenvalue weighted by Crippen LogP contribution is 2.32. The number of benzene rings is 2. The number of sulfonamides is 1. The van der Waals surface area contributed by atoms with Crippen LogP contribution in [0.4, 0.5) is 13.2 Å². The summed E-state index contributed by atoms with van der Waals surface area (Å²) >= 11 is 0. The van der Waals surface area contributed by atoms with Gasteiger partial charge in [0.1, 0.15) is 4.90 Å². The van der Waals surface area contributed by atoms with Gasteiger partial charge in [0, 0.05) is 32.8 Å². The molecule has 2 heterocycles. The van der Waals surface area contributed by atoms with Gasteiger partial charge < -0.3 is 4.57 Å². The SMILES string of the molecule is CC(=O)c1cc(S(=O)(=O)N2CCCC2)cn1CCc1ccc(-c2cccc(C(F)(F)F)c2)cc1. The van der Waals surface area contributed by atoms with Gasteiger partial charge in [0.05, 0.1) is 11.3 Å². The molecule has 1 fully saturated rings. The fourth-order valence-corrected chi connectivity index (χ4v) is 5.73. The third-order valence-corrected chi connectivity index (χ3v) is 7.92. The van der Waals surface area contributed by atoms with Gasteiger partial charge in [0.2, 0.25) is 10.0 Å². The van der Waals surface area contributed by atoms with E-state index in [0.29, 0.717) is 42.9 Å². The van der Waals surface area contributed by atoms with E-state index in [4.69, 9.17) is 0 Å². The Kier molecular flexibility index (Phi) is 6.69. The summed E-state index contributed by atoms with van der Waals surface area (Å²) in [6, 6.07) is 13.8. The van der Waals surface area contributed by atoms with Crippen molar-refractivity contribution in [3.8, 4) is 11.1 Å². The molecule has 0 bridgehead atoms. The Morgan fingerprint density at radius 3 is 2.26 bits per heavy atom. The molecule has 1 saturated heterocycles. The number of Topliss-reactive ketones (excluding diaryl/α,β-unsaturated/α-hetero) is 1. The van der Waals surface area contributed by atoms with Crippen molar-refractivity contribution in [1.29, 1.82) is 0 Å². The number of carbonyl (C=O) groups excluding carboxylic acids is 1. The van der Waals surface area contributed by atoms with Crippen molar-refractivity contribution in [3.63, 3.8) is 0 Å². The molecule has 1 aromatic heterocycles. The molecule has 34 heavy (non-hydrogen) atoms. The van der Waals surface area contributed by atoms with Gasteiger partial charge in [-0.05, 0) is 54.2 Å². The van der Waals surface area contributed by atoms with Crippen LogP contribution in [0.1, 0.15) is 41.4 Å². The van der Waals surface area contributed by atoms with Crippen molar-refractivity contribution in [2.24, 2.45) is 0 Å². The van der Waals surface area contributed by atoms with Crippen LogP contribution in [0.2, 0.25) is 0 Å². The highest BCUT2D eigenvalue weighted by Gasteiger charge is 2.31. The first-order chi connectivity index (χ1) is 16.1. The molecule has 0 aliphatic carbocycles. The van der Waals surface area contributed by atoms with Crippen LogP contribution in [-0.2, 0) is 29.2 Å². The summed E-state index contributed by atoms with van der Waals surface area (Å²) in [6.07, 6.45) is -0.698. The normalized spacial score (nSPS) is 15.1. The van der Waals surface area contributed by atoms with Crippen LogP contribution in [0.5, 0.6) is 0 Å². The number of nitrogens with zero attached hydrogens (tertiary/aromatic N) is 2. The summed E-state index contributed by atoms with van der Waals surface area (Å²) in [6.45, 7) is 2.78. The van der Waals surface area contributed by atoms with Crippen LogP contribution in [0.15, 0.2) is 65.7 Å². The van der Waals surface area contributed by atoms with E-state index < -0.39 is 21.8 Å². The fraction of sp³-hybridized carbons (Fsp3) is 0.320. The standard InChI is InChI=1S/C25H25F3N2O3S/c1-18(31)24-16-23(34(32,33)30-12-2-3-13-30)17-29(24)14-11-19-7-9-20(10-8-19)21-5-4-6-22(15-21)25(26,27)28/h4-10,15-17H,2-3,11-14H2,1H3. The topological polar surface area (TPSA) is 59.4 Å². The second kappa shape index (κ2) is 9.38. The molecule has 0 saturated carbocycles. The molecule has 1 aliphatic rings. The second-order valence-corrected chi connectivity index (χ2v) is 10.4. The summed E-state index contributed by atoms with van der Waals surface area (Å²) in [5, 5.41) is 0. The summed E-state index contributed by atoms with van der Waals surface area (Å²) in [7, 11) is -3.63. The van der Waals surface area contributed by atoms with Crippen molar-refractivity contribution >= 4 is 15.8 Å². The Balaban J connectivity index is 1.51. The Labute approximate surface area is 196 Å². The Hall–Kier alpha value is -2.91. The molecule has 0 amide bonds. The van der Waals surface area contributed by atoms with Gasteiger partial charge in [-0.1, -0.05) is 36.4 Å². The minimum atomic E-state index is -4.40. The van der Waals surface area contributed by atoms with Crippen molar-refractivity contribution in [3.05, 3.63) is 77.6 Å². The highest BCUT2D eigenvalue weighted by atomic mass is 32.2. The van der Waals surface area contributed by atoms with E-state index in [1.807, 2.05) is 12.1 Å². The lowest BCUT2D eigenvalue weighted by Gasteiger charge is -2.13. The zero-order valence-electron chi connectivity index (χ0n) is 18.7. The molecule has 0 spiro atoms. The second-order valence-electron chi connectivity index (χ2n) is 8.45. The number of hydrogen-bond acceptors (Lipinski definition) is 3. The van der Waals surface area contributed by atoms with Crippen molar-refractivity contribution in [2.45, 2.75) is 43.8 Å². The van der Waals surface area contributed by atoms with Crippen molar-refractivity contribution in [1.82, 2.24) is 8.87 Å². The predicted octanol–water partition coefficient (Wildman–Crippen LogP) is 5.40. The molecule has 0 N–H and O–H groups in total. The van der Waals surface area contributed by atoms with Crippen LogP contribution < -0.4 is 0 Å². The molecule has 2 aromatic carbocycles. The first kappa shape index (κ1) is 24.2. The molecular weight excluding hydrogens is 465 g/mol. The molecule has 1 aliphatic heterocycles. The molecule has 0 radical (unpaired) electrons. The van der Waals surface area contributed by atoms with Crippen LogP contribution in [0.25, 0.3) is 11.1 Å². The van der Waals surface area contributed by atoms with Gasteiger partial charge in [-0.2, -0.15) is 17.5 Å². The van der Waals surface area contributed by atoms with Gasteiger partial charge in [0.15, 0.2) is 5.78 Å². The van der Waals surface area contributed by atoms with E-state index in [9.17, 15) is 26.4 Å². The maximum atomic E-state index is 13.0. The quantitative estimate of drug-likeness (QED) is 0.417. The number of rotatable bonds is 7. The average Bonchev–Trinajstić information content (AvgIpc) is 3.49. The molecule has 0 unspecified atom stereocenters. The van der Waals surface area contributed by atoms with Gasteiger partial charge in [-0.3, -0.25) is 4.79 Å². The van der Waals surface area contributed by atoms with Crippen LogP contribution >= 0.6 is 0 Å². The average molecular weight is 491 g/mol. The van der Waals surface area contributed by atoms with Gasteiger partial charge in [-0.25, -0.2) is 8.42 Å². The first-order valence-electron chi connectivity index (χ1n) is 11.0. The predicted molar refractivity (Wildman–Crippen MR) is 123 cm³/mol. The number of aryl methyl sites for hydroxylation is 2. The Bertz CT molecular complexity index is 1290. The van der Waals surface area contributed by atoms with Crippen LogP contribution in [0.3, 0.4) is 0 Å². The summed E-state index contributed by atoms with van der Waals surface area (Å²) in [5.74, 6) is -0.220. The zero-order valence-corrected chi connectivity index (χ0v) is 19.5. The third kappa shape index (κ3) is 5.10.